The number of aryl methyl sites for hydroxylation is 1. The molecule has 0 amide bonds. The number of hydrogen-bond donors (Lipinski definition) is 1. The molecule has 15 heavy (non-hydrogen) atoms. The van der Waals surface area contributed by atoms with E-state index in [0.717, 1.165) is 12.0 Å². The summed E-state index contributed by atoms with van der Waals surface area (Å²) in [5.41, 5.74) is 1.38. The first kappa shape index (κ1) is 12.1. The molecule has 0 aliphatic carbocycles. The van der Waals surface area contributed by atoms with Crippen molar-refractivity contribution in [2.24, 2.45) is 0 Å². The Morgan fingerprint density at radius 1 is 1.40 bits per heavy atom. The van der Waals surface area contributed by atoms with Gasteiger partial charge in [-0.15, -0.1) is 0 Å². The van der Waals surface area contributed by atoms with Crippen molar-refractivity contribution in [3.05, 3.63) is 35.1 Å². The highest BCUT2D eigenvalue weighted by Crippen LogP contribution is 2.16. The molecule has 0 saturated carbocycles. The van der Waals surface area contributed by atoms with Crippen LogP contribution in [0.4, 0.5) is 4.39 Å². The van der Waals surface area contributed by atoms with Gasteiger partial charge in [0.25, 0.3) is 0 Å². The molecule has 1 rings (SSSR count). The fourth-order valence-electron chi connectivity index (χ4n) is 1.39. The molecule has 3 heteroatoms. The largest absolute Gasteiger partial charge is 0.386 e. The van der Waals surface area contributed by atoms with Gasteiger partial charge in [-0.3, -0.25) is 0 Å². The van der Waals surface area contributed by atoms with E-state index in [1.54, 1.807) is 13.0 Å². The maximum atomic E-state index is 13.0. The number of halogens is 1. The van der Waals surface area contributed by atoms with E-state index in [2.05, 4.69) is 0 Å². The molecule has 1 aromatic carbocycles. The summed E-state index contributed by atoms with van der Waals surface area (Å²) in [6.07, 6.45) is 0.167. The zero-order chi connectivity index (χ0) is 11.3. The first-order valence-electron chi connectivity index (χ1n) is 5.16. The minimum absolute atomic E-state index is 0.219. The highest BCUT2D eigenvalue weighted by Gasteiger charge is 2.09. The van der Waals surface area contributed by atoms with Crippen molar-refractivity contribution in [2.75, 3.05) is 13.2 Å². The molecule has 0 aliphatic rings. The lowest BCUT2D eigenvalue weighted by Gasteiger charge is -2.12. The Kier molecular flexibility index (Phi) is 4.72. The molecular formula is C12H17FO2. The molecule has 0 heterocycles. The van der Waals surface area contributed by atoms with Gasteiger partial charge < -0.3 is 9.84 Å². The molecular weight excluding hydrogens is 195 g/mol. The Bertz CT molecular complexity index is 292. The lowest BCUT2D eigenvalue weighted by Crippen LogP contribution is -2.08. The second kappa shape index (κ2) is 5.83. The zero-order valence-corrected chi connectivity index (χ0v) is 9.16. The van der Waals surface area contributed by atoms with E-state index in [0.29, 0.717) is 12.2 Å². The van der Waals surface area contributed by atoms with Crippen molar-refractivity contribution in [1.82, 2.24) is 0 Å². The molecule has 0 fully saturated rings. The van der Waals surface area contributed by atoms with E-state index < -0.39 is 6.10 Å². The predicted octanol–water partition coefficient (Wildman–Crippen LogP) is 2.59. The maximum Gasteiger partial charge on any atom is 0.123 e. The van der Waals surface area contributed by atoms with Crippen LogP contribution in [0.2, 0.25) is 0 Å². The smallest absolute Gasteiger partial charge is 0.123 e. The number of ether oxygens (including phenoxy) is 1. The second-order valence-electron chi connectivity index (χ2n) is 3.65. The lowest BCUT2D eigenvalue weighted by atomic mass is 10.1. The van der Waals surface area contributed by atoms with Gasteiger partial charge in [0.2, 0.25) is 0 Å². The van der Waals surface area contributed by atoms with E-state index in [1.807, 2.05) is 6.92 Å². The Morgan fingerprint density at radius 2 is 2.13 bits per heavy atom. The Labute approximate surface area is 89.7 Å². The summed E-state index contributed by atoms with van der Waals surface area (Å²) in [5.74, 6) is -0.320. The zero-order valence-electron chi connectivity index (χ0n) is 9.16. The molecule has 0 bridgehead atoms. The lowest BCUT2D eigenvalue weighted by molar-refractivity contribution is 0.0362. The van der Waals surface area contributed by atoms with Crippen molar-refractivity contribution in [3.63, 3.8) is 0 Å². The van der Waals surface area contributed by atoms with E-state index in [4.69, 9.17) is 4.74 Å². The Balaban J connectivity index is 2.60. The van der Waals surface area contributed by atoms with Crippen LogP contribution in [0.25, 0.3) is 0 Å². The van der Waals surface area contributed by atoms with Gasteiger partial charge in [-0.25, -0.2) is 4.39 Å². The van der Waals surface area contributed by atoms with Crippen LogP contribution >= 0.6 is 0 Å². The summed E-state index contributed by atoms with van der Waals surface area (Å²) in [4.78, 5) is 0. The molecule has 0 spiro atoms. The van der Waals surface area contributed by atoms with Gasteiger partial charge in [-0.2, -0.15) is 0 Å². The normalized spacial score (nSPS) is 12.8. The summed E-state index contributed by atoms with van der Waals surface area (Å²) in [5, 5.41) is 9.70. The van der Waals surface area contributed by atoms with Crippen LogP contribution in [0.5, 0.6) is 0 Å². The predicted molar refractivity (Wildman–Crippen MR) is 57.2 cm³/mol. The Morgan fingerprint density at radius 3 is 2.73 bits per heavy atom. The third-order valence-electron chi connectivity index (χ3n) is 2.07. The molecule has 0 aliphatic heterocycles. The summed E-state index contributed by atoms with van der Waals surface area (Å²) in [6.45, 7) is 4.63. The molecule has 84 valence electrons. The van der Waals surface area contributed by atoms with E-state index >= 15 is 0 Å². The first-order chi connectivity index (χ1) is 7.13. The van der Waals surface area contributed by atoms with Gasteiger partial charge in [-0.05, 0) is 36.6 Å². The number of benzene rings is 1. The minimum atomic E-state index is -0.744. The molecule has 0 aromatic heterocycles. The molecule has 1 unspecified atom stereocenters. The SMILES string of the molecule is CCCOCC(O)c1cc(C)cc(F)c1. The summed E-state index contributed by atoms with van der Waals surface area (Å²) in [6, 6.07) is 4.54. The monoisotopic (exact) mass is 212 g/mol. The van der Waals surface area contributed by atoms with Crippen LogP contribution in [-0.2, 0) is 4.74 Å². The van der Waals surface area contributed by atoms with E-state index in [-0.39, 0.29) is 12.4 Å². The van der Waals surface area contributed by atoms with Crippen molar-refractivity contribution >= 4 is 0 Å². The van der Waals surface area contributed by atoms with E-state index in [1.165, 1.54) is 12.1 Å². The average molecular weight is 212 g/mol. The van der Waals surface area contributed by atoms with Gasteiger partial charge in [0.15, 0.2) is 0 Å². The Hall–Kier alpha value is -0.930. The molecule has 0 saturated heterocycles. The standard InChI is InChI=1S/C12H17FO2/c1-3-4-15-8-12(14)10-5-9(2)6-11(13)7-10/h5-7,12,14H,3-4,8H2,1-2H3. The highest BCUT2D eigenvalue weighted by molar-refractivity contribution is 5.25. The molecule has 1 atom stereocenters. The van der Waals surface area contributed by atoms with Crippen molar-refractivity contribution in [1.29, 1.82) is 0 Å². The van der Waals surface area contributed by atoms with Gasteiger partial charge in [-0.1, -0.05) is 13.0 Å². The number of rotatable bonds is 5. The van der Waals surface area contributed by atoms with Crippen LogP contribution in [-0.4, -0.2) is 18.3 Å². The first-order valence-corrected chi connectivity index (χ1v) is 5.16. The molecule has 2 nitrogen and oxygen atoms in total. The summed E-state index contributed by atoms with van der Waals surface area (Å²) in [7, 11) is 0. The van der Waals surface area contributed by atoms with Crippen LogP contribution < -0.4 is 0 Å². The van der Waals surface area contributed by atoms with Crippen molar-refractivity contribution in [3.8, 4) is 0 Å². The van der Waals surface area contributed by atoms with Crippen LogP contribution in [0.3, 0.4) is 0 Å². The molecule has 1 aromatic rings. The molecule has 1 N–H and O–H groups in total. The van der Waals surface area contributed by atoms with E-state index in [9.17, 15) is 9.50 Å². The maximum absolute atomic E-state index is 13.0. The number of aliphatic hydroxyl groups is 1. The van der Waals surface area contributed by atoms with Gasteiger partial charge >= 0.3 is 0 Å². The van der Waals surface area contributed by atoms with Gasteiger partial charge in [0.05, 0.1) is 6.61 Å². The average Bonchev–Trinajstić information content (AvgIpc) is 2.16. The topological polar surface area (TPSA) is 29.5 Å². The third-order valence-corrected chi connectivity index (χ3v) is 2.07. The second-order valence-corrected chi connectivity index (χ2v) is 3.65. The number of hydrogen-bond acceptors (Lipinski definition) is 2. The minimum Gasteiger partial charge on any atom is -0.386 e. The fourth-order valence-corrected chi connectivity index (χ4v) is 1.39. The summed E-state index contributed by atoms with van der Waals surface area (Å²) < 4.78 is 18.2. The summed E-state index contributed by atoms with van der Waals surface area (Å²) >= 11 is 0. The highest BCUT2D eigenvalue weighted by atomic mass is 19.1. The van der Waals surface area contributed by atoms with Crippen LogP contribution in [0, 0.1) is 12.7 Å². The molecule has 0 radical (unpaired) electrons. The van der Waals surface area contributed by atoms with Gasteiger partial charge in [0.1, 0.15) is 11.9 Å². The van der Waals surface area contributed by atoms with Crippen LogP contribution in [0.15, 0.2) is 18.2 Å². The number of aliphatic hydroxyl groups excluding tert-OH is 1. The fraction of sp³-hybridized carbons (Fsp3) is 0.500. The van der Waals surface area contributed by atoms with Crippen molar-refractivity contribution < 1.29 is 14.2 Å². The third kappa shape index (κ3) is 3.98. The quantitative estimate of drug-likeness (QED) is 0.760. The van der Waals surface area contributed by atoms with Crippen LogP contribution in [0.1, 0.15) is 30.6 Å². The van der Waals surface area contributed by atoms with Gasteiger partial charge in [0, 0.05) is 6.61 Å². The van der Waals surface area contributed by atoms with Crippen molar-refractivity contribution in [2.45, 2.75) is 26.4 Å².